The fourth-order valence-electron chi connectivity index (χ4n) is 1.83. The zero-order chi connectivity index (χ0) is 15.1. The lowest BCUT2D eigenvalue weighted by Gasteiger charge is -2.06. The lowest BCUT2D eigenvalue weighted by atomic mass is 10.2. The van der Waals surface area contributed by atoms with E-state index in [0.29, 0.717) is 17.1 Å². The standard InChI is InChI=1S/C15H16N4O2/c1-2-5-12-8-14(19-18-12)17-15(20)10-21-13-7-4-3-6-11(13)9-16/h3-4,6-8H,2,5,10H2,1H3,(H2,17,18,19,20). The van der Waals surface area contributed by atoms with Crippen molar-refractivity contribution in [1.29, 1.82) is 5.26 Å². The first kappa shape index (κ1) is 14.6. The number of carbonyl (C=O) groups excluding carboxylic acids is 1. The van der Waals surface area contributed by atoms with Crippen LogP contribution in [0.4, 0.5) is 5.82 Å². The highest BCUT2D eigenvalue weighted by atomic mass is 16.5. The van der Waals surface area contributed by atoms with Gasteiger partial charge in [-0.05, 0) is 18.6 Å². The Hall–Kier alpha value is -2.81. The van der Waals surface area contributed by atoms with Crippen molar-refractivity contribution in [2.75, 3.05) is 11.9 Å². The van der Waals surface area contributed by atoms with Crippen molar-refractivity contribution in [1.82, 2.24) is 10.2 Å². The van der Waals surface area contributed by atoms with Gasteiger partial charge in [0.15, 0.2) is 12.4 Å². The van der Waals surface area contributed by atoms with Crippen LogP contribution in [0.15, 0.2) is 30.3 Å². The van der Waals surface area contributed by atoms with Crippen molar-refractivity contribution in [3.63, 3.8) is 0 Å². The third-order valence-corrected chi connectivity index (χ3v) is 2.78. The van der Waals surface area contributed by atoms with Crippen LogP contribution in [0, 0.1) is 11.3 Å². The number of benzene rings is 1. The van der Waals surface area contributed by atoms with Crippen molar-refractivity contribution < 1.29 is 9.53 Å². The first-order valence-corrected chi connectivity index (χ1v) is 6.69. The molecule has 0 bridgehead atoms. The fourth-order valence-corrected chi connectivity index (χ4v) is 1.83. The van der Waals surface area contributed by atoms with Crippen LogP contribution in [0.5, 0.6) is 5.75 Å². The smallest absolute Gasteiger partial charge is 0.263 e. The van der Waals surface area contributed by atoms with Crippen molar-refractivity contribution in [2.45, 2.75) is 19.8 Å². The monoisotopic (exact) mass is 284 g/mol. The third kappa shape index (κ3) is 4.08. The largest absolute Gasteiger partial charge is 0.482 e. The van der Waals surface area contributed by atoms with Gasteiger partial charge in [-0.3, -0.25) is 9.89 Å². The number of anilines is 1. The van der Waals surface area contributed by atoms with E-state index in [-0.39, 0.29) is 12.5 Å². The number of hydrogen-bond acceptors (Lipinski definition) is 4. The highest BCUT2D eigenvalue weighted by Gasteiger charge is 2.08. The molecule has 1 aromatic carbocycles. The molecule has 0 fully saturated rings. The van der Waals surface area contributed by atoms with E-state index < -0.39 is 0 Å². The number of aromatic nitrogens is 2. The van der Waals surface area contributed by atoms with Gasteiger partial charge in [-0.15, -0.1) is 0 Å². The van der Waals surface area contributed by atoms with Crippen LogP contribution in [-0.2, 0) is 11.2 Å². The minimum absolute atomic E-state index is 0.172. The van der Waals surface area contributed by atoms with Crippen LogP contribution in [-0.4, -0.2) is 22.7 Å². The predicted octanol–water partition coefficient (Wildman–Crippen LogP) is 2.25. The second kappa shape index (κ2) is 7.10. The molecule has 1 aromatic heterocycles. The Kier molecular flexibility index (Phi) is 4.94. The van der Waals surface area contributed by atoms with Gasteiger partial charge >= 0.3 is 0 Å². The summed E-state index contributed by atoms with van der Waals surface area (Å²) < 4.78 is 5.34. The molecule has 0 atom stereocenters. The fraction of sp³-hybridized carbons (Fsp3) is 0.267. The number of nitriles is 1. The third-order valence-electron chi connectivity index (χ3n) is 2.78. The molecule has 21 heavy (non-hydrogen) atoms. The molecule has 0 unspecified atom stereocenters. The maximum Gasteiger partial charge on any atom is 0.263 e. The molecule has 2 N–H and O–H groups in total. The van der Waals surface area contributed by atoms with Gasteiger partial charge in [0.2, 0.25) is 0 Å². The number of aryl methyl sites for hydroxylation is 1. The number of hydrogen-bond donors (Lipinski definition) is 2. The summed E-state index contributed by atoms with van der Waals surface area (Å²) in [5.41, 5.74) is 1.37. The molecule has 0 spiro atoms. The molecular formula is C15H16N4O2. The average Bonchev–Trinajstić information content (AvgIpc) is 2.93. The maximum atomic E-state index is 11.8. The summed E-state index contributed by atoms with van der Waals surface area (Å²) in [6.45, 7) is 1.90. The summed E-state index contributed by atoms with van der Waals surface area (Å²) in [7, 11) is 0. The van der Waals surface area contributed by atoms with Crippen molar-refractivity contribution in [3.05, 3.63) is 41.6 Å². The average molecular weight is 284 g/mol. The lowest BCUT2D eigenvalue weighted by Crippen LogP contribution is -2.20. The van der Waals surface area contributed by atoms with Crippen LogP contribution in [0.3, 0.4) is 0 Å². The molecule has 2 rings (SSSR count). The van der Waals surface area contributed by atoms with Gasteiger partial charge in [-0.25, -0.2) is 0 Å². The minimum Gasteiger partial charge on any atom is -0.482 e. The van der Waals surface area contributed by atoms with E-state index in [9.17, 15) is 4.79 Å². The number of para-hydroxylation sites is 1. The van der Waals surface area contributed by atoms with Gasteiger partial charge in [-0.2, -0.15) is 10.4 Å². The number of aromatic amines is 1. The minimum atomic E-state index is -0.322. The second-order valence-corrected chi connectivity index (χ2v) is 4.47. The number of rotatable bonds is 6. The Bertz CT molecular complexity index is 658. The van der Waals surface area contributed by atoms with E-state index in [1.54, 1.807) is 30.3 Å². The van der Waals surface area contributed by atoms with Crippen LogP contribution >= 0.6 is 0 Å². The quantitative estimate of drug-likeness (QED) is 0.851. The zero-order valence-electron chi connectivity index (χ0n) is 11.7. The molecule has 6 nitrogen and oxygen atoms in total. The molecule has 0 saturated heterocycles. The Labute approximate surface area is 122 Å². The van der Waals surface area contributed by atoms with Gasteiger partial charge in [0.25, 0.3) is 5.91 Å². The van der Waals surface area contributed by atoms with Gasteiger partial charge in [0, 0.05) is 11.8 Å². The lowest BCUT2D eigenvalue weighted by molar-refractivity contribution is -0.118. The molecule has 1 heterocycles. The molecule has 0 aliphatic heterocycles. The molecule has 1 amide bonds. The highest BCUT2D eigenvalue weighted by Crippen LogP contribution is 2.16. The summed E-state index contributed by atoms with van der Waals surface area (Å²) in [5.74, 6) is 0.543. The number of amides is 1. The van der Waals surface area contributed by atoms with Crippen LogP contribution in [0.1, 0.15) is 24.6 Å². The van der Waals surface area contributed by atoms with E-state index in [1.807, 2.05) is 6.07 Å². The summed E-state index contributed by atoms with van der Waals surface area (Å²) in [5, 5.41) is 18.4. The molecule has 0 aliphatic carbocycles. The van der Waals surface area contributed by atoms with Crippen molar-refractivity contribution >= 4 is 11.7 Å². The van der Waals surface area contributed by atoms with E-state index >= 15 is 0 Å². The second-order valence-electron chi connectivity index (χ2n) is 4.47. The van der Waals surface area contributed by atoms with E-state index in [4.69, 9.17) is 10.00 Å². The topological polar surface area (TPSA) is 90.8 Å². The van der Waals surface area contributed by atoms with Gasteiger partial charge in [-0.1, -0.05) is 25.5 Å². The number of H-pyrrole nitrogens is 1. The SMILES string of the molecule is CCCc1cc(NC(=O)COc2ccccc2C#N)n[nH]1. The van der Waals surface area contributed by atoms with Crippen molar-refractivity contribution in [2.24, 2.45) is 0 Å². The van der Waals surface area contributed by atoms with Gasteiger partial charge in [0.1, 0.15) is 11.8 Å². The van der Waals surface area contributed by atoms with Crippen LogP contribution < -0.4 is 10.1 Å². The Balaban J connectivity index is 1.88. The molecule has 0 radical (unpaired) electrons. The summed E-state index contributed by atoms with van der Waals surface area (Å²) >= 11 is 0. The highest BCUT2D eigenvalue weighted by molar-refractivity contribution is 5.91. The molecule has 108 valence electrons. The zero-order valence-corrected chi connectivity index (χ0v) is 11.7. The first-order valence-electron chi connectivity index (χ1n) is 6.69. The number of carbonyl (C=O) groups is 1. The number of nitrogens with zero attached hydrogens (tertiary/aromatic N) is 2. The Morgan fingerprint density at radius 3 is 3.05 bits per heavy atom. The molecular weight excluding hydrogens is 268 g/mol. The first-order chi connectivity index (χ1) is 10.2. The Morgan fingerprint density at radius 1 is 1.48 bits per heavy atom. The summed E-state index contributed by atoms with van der Waals surface area (Å²) in [4.78, 5) is 11.8. The number of nitrogens with one attached hydrogen (secondary N) is 2. The van der Waals surface area contributed by atoms with Crippen LogP contribution in [0.25, 0.3) is 0 Å². The van der Waals surface area contributed by atoms with Gasteiger partial charge in [0.05, 0.1) is 5.56 Å². The maximum absolute atomic E-state index is 11.8. The Morgan fingerprint density at radius 2 is 2.29 bits per heavy atom. The van der Waals surface area contributed by atoms with Gasteiger partial charge < -0.3 is 10.1 Å². The van der Waals surface area contributed by atoms with Crippen LogP contribution in [0.2, 0.25) is 0 Å². The molecule has 2 aromatic rings. The van der Waals surface area contributed by atoms with E-state index in [1.165, 1.54) is 0 Å². The van der Waals surface area contributed by atoms with E-state index in [0.717, 1.165) is 18.5 Å². The van der Waals surface area contributed by atoms with Crippen molar-refractivity contribution in [3.8, 4) is 11.8 Å². The molecule has 0 aliphatic rings. The number of ether oxygens (including phenoxy) is 1. The molecule has 0 saturated carbocycles. The normalized spacial score (nSPS) is 9.90. The summed E-state index contributed by atoms with van der Waals surface area (Å²) in [6, 6.07) is 10.6. The molecule has 6 heteroatoms. The predicted molar refractivity (Wildman–Crippen MR) is 77.9 cm³/mol. The summed E-state index contributed by atoms with van der Waals surface area (Å²) in [6.07, 6.45) is 1.89. The van der Waals surface area contributed by atoms with E-state index in [2.05, 4.69) is 22.4 Å².